The van der Waals surface area contributed by atoms with Gasteiger partial charge in [-0.3, -0.25) is 9.78 Å². The van der Waals surface area contributed by atoms with E-state index in [1.165, 1.54) is 0 Å². The van der Waals surface area contributed by atoms with Crippen LogP contribution in [0.25, 0.3) is 10.9 Å². The molecule has 21 heavy (non-hydrogen) atoms. The van der Waals surface area contributed by atoms with Gasteiger partial charge in [0, 0.05) is 29.5 Å². The average molecular weight is 284 g/mol. The van der Waals surface area contributed by atoms with E-state index < -0.39 is 0 Å². The van der Waals surface area contributed by atoms with E-state index in [1.54, 1.807) is 0 Å². The Morgan fingerprint density at radius 2 is 1.81 bits per heavy atom. The minimum absolute atomic E-state index is 0.0294. The molecule has 0 fully saturated rings. The quantitative estimate of drug-likeness (QED) is 0.884. The second-order valence-corrected chi connectivity index (χ2v) is 6.13. The van der Waals surface area contributed by atoms with Gasteiger partial charge >= 0.3 is 0 Å². The number of fused-ring (bicyclic) bond motifs is 1. The standard InChI is InChI=1S/C18H24N2O/c1-12(2)18(21)17(19-13(3)4)11-15-10-9-14-7-5-6-8-16(14)20-15/h5-10,12-13,17,19H,11H2,1-4H3/t17-/m0/s1. The molecule has 0 spiro atoms. The summed E-state index contributed by atoms with van der Waals surface area (Å²) in [6.07, 6.45) is 0.639. The third-order valence-electron chi connectivity index (χ3n) is 3.52. The van der Waals surface area contributed by atoms with Crippen molar-refractivity contribution in [1.29, 1.82) is 0 Å². The molecule has 0 aliphatic heterocycles. The van der Waals surface area contributed by atoms with Crippen LogP contribution >= 0.6 is 0 Å². The van der Waals surface area contributed by atoms with Crippen molar-refractivity contribution in [2.24, 2.45) is 5.92 Å². The zero-order chi connectivity index (χ0) is 15.4. The summed E-state index contributed by atoms with van der Waals surface area (Å²) in [5.41, 5.74) is 1.94. The van der Waals surface area contributed by atoms with Crippen molar-refractivity contribution >= 4 is 16.7 Å². The van der Waals surface area contributed by atoms with Crippen molar-refractivity contribution in [3.05, 3.63) is 42.1 Å². The van der Waals surface area contributed by atoms with Crippen molar-refractivity contribution in [2.45, 2.75) is 46.2 Å². The molecule has 2 aromatic rings. The van der Waals surface area contributed by atoms with Crippen LogP contribution in [0.1, 0.15) is 33.4 Å². The summed E-state index contributed by atoms with van der Waals surface area (Å²) in [7, 11) is 0. The molecule has 2 rings (SSSR count). The number of para-hydroxylation sites is 1. The fourth-order valence-corrected chi connectivity index (χ4v) is 2.48. The monoisotopic (exact) mass is 284 g/mol. The van der Waals surface area contributed by atoms with Gasteiger partial charge in [0.1, 0.15) is 0 Å². The zero-order valence-electron chi connectivity index (χ0n) is 13.3. The van der Waals surface area contributed by atoms with Crippen molar-refractivity contribution in [2.75, 3.05) is 0 Å². The van der Waals surface area contributed by atoms with Gasteiger partial charge in [-0.15, -0.1) is 0 Å². The van der Waals surface area contributed by atoms with Gasteiger partial charge in [-0.1, -0.05) is 52.0 Å². The molecule has 0 aliphatic rings. The number of hydrogen-bond acceptors (Lipinski definition) is 3. The van der Waals surface area contributed by atoms with E-state index in [4.69, 9.17) is 0 Å². The largest absolute Gasteiger partial charge is 0.305 e. The Hall–Kier alpha value is -1.74. The van der Waals surface area contributed by atoms with E-state index in [9.17, 15) is 4.79 Å². The van der Waals surface area contributed by atoms with Gasteiger partial charge in [0.25, 0.3) is 0 Å². The predicted octanol–water partition coefficient (Wildman–Crippen LogP) is 3.37. The number of aromatic nitrogens is 1. The molecule has 0 saturated carbocycles. The van der Waals surface area contributed by atoms with Gasteiger partial charge in [-0.05, 0) is 12.1 Å². The van der Waals surface area contributed by atoms with Crippen LogP contribution in [0.5, 0.6) is 0 Å². The van der Waals surface area contributed by atoms with Gasteiger partial charge in [0.15, 0.2) is 5.78 Å². The molecule has 0 bridgehead atoms. The summed E-state index contributed by atoms with van der Waals surface area (Å²) >= 11 is 0. The van der Waals surface area contributed by atoms with Crippen LogP contribution in [-0.4, -0.2) is 22.9 Å². The van der Waals surface area contributed by atoms with Crippen molar-refractivity contribution < 1.29 is 4.79 Å². The van der Waals surface area contributed by atoms with E-state index in [0.717, 1.165) is 16.6 Å². The third kappa shape index (κ3) is 4.11. The molecule has 0 amide bonds. The Balaban J connectivity index is 2.23. The van der Waals surface area contributed by atoms with Crippen molar-refractivity contribution in [3.63, 3.8) is 0 Å². The molecule has 1 aromatic carbocycles. The summed E-state index contributed by atoms with van der Waals surface area (Å²) < 4.78 is 0. The van der Waals surface area contributed by atoms with Crippen LogP contribution in [0.15, 0.2) is 36.4 Å². The second-order valence-electron chi connectivity index (χ2n) is 6.13. The van der Waals surface area contributed by atoms with Crippen LogP contribution in [0.4, 0.5) is 0 Å². The Morgan fingerprint density at radius 1 is 1.10 bits per heavy atom. The van der Waals surface area contributed by atoms with Gasteiger partial charge in [0.2, 0.25) is 0 Å². The molecule has 3 heteroatoms. The minimum atomic E-state index is -0.168. The molecule has 0 saturated heterocycles. The lowest BCUT2D eigenvalue weighted by atomic mass is 9.97. The van der Waals surface area contributed by atoms with E-state index in [0.29, 0.717) is 6.42 Å². The number of benzene rings is 1. The van der Waals surface area contributed by atoms with Gasteiger partial charge < -0.3 is 5.32 Å². The number of nitrogens with zero attached hydrogens (tertiary/aromatic N) is 1. The Kier molecular flexibility index (Phi) is 5.07. The van der Waals surface area contributed by atoms with E-state index in [-0.39, 0.29) is 23.8 Å². The lowest BCUT2D eigenvalue weighted by Crippen LogP contribution is -2.44. The highest BCUT2D eigenvalue weighted by molar-refractivity contribution is 5.86. The summed E-state index contributed by atoms with van der Waals surface area (Å²) in [4.78, 5) is 17.0. The lowest BCUT2D eigenvalue weighted by molar-refractivity contribution is -0.124. The number of rotatable bonds is 6. The number of hydrogen-bond donors (Lipinski definition) is 1. The van der Waals surface area contributed by atoms with Crippen molar-refractivity contribution in [1.82, 2.24) is 10.3 Å². The number of nitrogens with one attached hydrogen (secondary N) is 1. The molecule has 1 aromatic heterocycles. The fourth-order valence-electron chi connectivity index (χ4n) is 2.48. The number of carbonyl (C=O) groups excluding carboxylic acids is 1. The normalized spacial score (nSPS) is 13.0. The number of carbonyl (C=O) groups is 1. The summed E-state index contributed by atoms with van der Waals surface area (Å²) in [6, 6.07) is 12.3. The molecule has 0 radical (unpaired) electrons. The zero-order valence-corrected chi connectivity index (χ0v) is 13.3. The smallest absolute Gasteiger partial charge is 0.152 e. The van der Waals surface area contributed by atoms with E-state index >= 15 is 0 Å². The van der Waals surface area contributed by atoms with Crippen LogP contribution in [0.2, 0.25) is 0 Å². The van der Waals surface area contributed by atoms with Crippen LogP contribution < -0.4 is 5.32 Å². The first-order valence-corrected chi connectivity index (χ1v) is 7.62. The first-order chi connectivity index (χ1) is 9.97. The molecule has 1 atom stereocenters. The second kappa shape index (κ2) is 6.81. The summed E-state index contributed by atoms with van der Waals surface area (Å²) in [6.45, 7) is 8.03. The Morgan fingerprint density at radius 3 is 2.48 bits per heavy atom. The molecule has 0 aliphatic carbocycles. The third-order valence-corrected chi connectivity index (χ3v) is 3.52. The maximum atomic E-state index is 12.4. The molecule has 112 valence electrons. The van der Waals surface area contributed by atoms with Crippen LogP contribution in [0.3, 0.4) is 0 Å². The molecule has 3 nitrogen and oxygen atoms in total. The van der Waals surface area contributed by atoms with Gasteiger partial charge in [0.05, 0.1) is 11.6 Å². The molecule has 1 heterocycles. The summed E-state index contributed by atoms with van der Waals surface area (Å²) in [5.74, 6) is 0.278. The van der Waals surface area contributed by atoms with Gasteiger partial charge in [-0.25, -0.2) is 0 Å². The topological polar surface area (TPSA) is 42.0 Å². The highest BCUT2D eigenvalue weighted by atomic mass is 16.1. The minimum Gasteiger partial charge on any atom is -0.305 e. The molecule has 1 N–H and O–H groups in total. The number of pyridine rings is 1. The number of Topliss-reactive ketones (excluding diaryl/α,β-unsaturated/α-hetero) is 1. The molecular formula is C18H24N2O. The summed E-state index contributed by atoms with van der Waals surface area (Å²) in [5, 5.41) is 4.50. The predicted molar refractivity (Wildman–Crippen MR) is 87.4 cm³/mol. The maximum Gasteiger partial charge on any atom is 0.152 e. The van der Waals surface area contributed by atoms with Gasteiger partial charge in [-0.2, -0.15) is 0 Å². The first kappa shape index (κ1) is 15.6. The van der Waals surface area contributed by atoms with Crippen LogP contribution in [0, 0.1) is 5.92 Å². The average Bonchev–Trinajstić information content (AvgIpc) is 2.45. The number of ketones is 1. The van der Waals surface area contributed by atoms with E-state index in [1.807, 2.05) is 38.1 Å². The maximum absolute atomic E-state index is 12.4. The highest BCUT2D eigenvalue weighted by Crippen LogP contribution is 2.14. The molecule has 0 unspecified atom stereocenters. The molecular weight excluding hydrogens is 260 g/mol. The Labute approximate surface area is 126 Å². The van der Waals surface area contributed by atoms with E-state index in [2.05, 4.69) is 36.3 Å². The highest BCUT2D eigenvalue weighted by Gasteiger charge is 2.22. The Bertz CT molecular complexity index is 619. The van der Waals surface area contributed by atoms with Crippen molar-refractivity contribution in [3.8, 4) is 0 Å². The van der Waals surface area contributed by atoms with Crippen LogP contribution in [-0.2, 0) is 11.2 Å². The fraction of sp³-hybridized carbons (Fsp3) is 0.444. The first-order valence-electron chi connectivity index (χ1n) is 7.62. The lowest BCUT2D eigenvalue weighted by Gasteiger charge is -2.21. The SMILES string of the molecule is CC(C)N[C@@H](Cc1ccc2ccccc2n1)C(=O)C(C)C.